The Balaban J connectivity index is 1.65. The van der Waals surface area contributed by atoms with Crippen LogP contribution in [0, 0.1) is 11.8 Å². The van der Waals surface area contributed by atoms with Gasteiger partial charge in [0.25, 0.3) is 0 Å². The topological polar surface area (TPSA) is 58.6 Å². The molecular formula is C20H35NO3. The van der Waals surface area contributed by atoms with Gasteiger partial charge in [0.15, 0.2) is 0 Å². The fourth-order valence-corrected chi connectivity index (χ4v) is 4.17. The molecule has 0 spiro atoms. The Kier molecular flexibility index (Phi) is 8.82. The number of nitrogens with one attached hydrogen (secondary N) is 1. The molecule has 2 aliphatic heterocycles. The summed E-state index contributed by atoms with van der Waals surface area (Å²) in [5, 5.41) is 12.3. The first-order valence-electron chi connectivity index (χ1n) is 9.95. The lowest BCUT2D eigenvalue weighted by Gasteiger charge is -2.27. The normalized spacial score (nSPS) is 28.9. The van der Waals surface area contributed by atoms with Crippen LogP contribution in [-0.2, 0) is 9.53 Å². The molecule has 0 aromatic heterocycles. The fraction of sp³-hybridized carbons (Fsp3) is 0.850. The molecule has 2 rings (SSSR count). The second kappa shape index (κ2) is 10.9. The van der Waals surface area contributed by atoms with Crippen molar-refractivity contribution in [1.82, 2.24) is 5.32 Å². The largest absolute Gasteiger partial charge is 0.481 e. The summed E-state index contributed by atoms with van der Waals surface area (Å²) in [6.07, 6.45) is 16.0. The van der Waals surface area contributed by atoms with E-state index in [-0.39, 0.29) is 6.42 Å². The summed E-state index contributed by atoms with van der Waals surface area (Å²) in [7, 11) is 0. The van der Waals surface area contributed by atoms with E-state index in [4.69, 9.17) is 9.84 Å². The molecule has 2 aliphatic rings. The van der Waals surface area contributed by atoms with Crippen molar-refractivity contribution >= 4 is 5.97 Å². The smallest absolute Gasteiger partial charge is 0.303 e. The number of carboxylic acids is 1. The number of hydrogen-bond donors (Lipinski definition) is 2. The molecule has 0 aliphatic carbocycles. The lowest BCUT2D eigenvalue weighted by atomic mass is 9.77. The zero-order valence-electron chi connectivity index (χ0n) is 15.2. The first-order chi connectivity index (χ1) is 11.7. The Morgan fingerprint density at radius 2 is 1.92 bits per heavy atom. The SMILES string of the molecule is CCCCCCNC[C@@H]1[C@@H](C/C=C\CCCC(=O)O)[C@H]2CC[C@@H]1O2. The minimum atomic E-state index is -0.699. The van der Waals surface area contributed by atoms with E-state index in [1.54, 1.807) is 0 Å². The van der Waals surface area contributed by atoms with E-state index in [2.05, 4.69) is 24.4 Å². The van der Waals surface area contributed by atoms with Crippen molar-refractivity contribution in [2.45, 2.75) is 83.3 Å². The van der Waals surface area contributed by atoms with E-state index < -0.39 is 5.97 Å². The Labute approximate surface area is 147 Å². The van der Waals surface area contributed by atoms with E-state index >= 15 is 0 Å². The highest BCUT2D eigenvalue weighted by atomic mass is 16.5. The molecule has 2 N–H and O–H groups in total. The zero-order valence-corrected chi connectivity index (χ0v) is 15.2. The molecule has 0 radical (unpaired) electrons. The Morgan fingerprint density at radius 1 is 1.12 bits per heavy atom. The summed E-state index contributed by atoms with van der Waals surface area (Å²) in [6.45, 7) is 4.47. The molecular weight excluding hydrogens is 302 g/mol. The van der Waals surface area contributed by atoms with Gasteiger partial charge in [0.05, 0.1) is 12.2 Å². The maximum Gasteiger partial charge on any atom is 0.303 e. The molecule has 24 heavy (non-hydrogen) atoms. The van der Waals surface area contributed by atoms with Crippen molar-refractivity contribution in [3.8, 4) is 0 Å². The van der Waals surface area contributed by atoms with Gasteiger partial charge < -0.3 is 15.2 Å². The minimum Gasteiger partial charge on any atom is -0.481 e. The lowest BCUT2D eigenvalue weighted by molar-refractivity contribution is -0.137. The summed E-state index contributed by atoms with van der Waals surface area (Å²) in [4.78, 5) is 10.5. The summed E-state index contributed by atoms with van der Waals surface area (Å²) in [6, 6.07) is 0. The van der Waals surface area contributed by atoms with Crippen LogP contribution in [0.1, 0.15) is 71.1 Å². The van der Waals surface area contributed by atoms with E-state index in [0.717, 1.165) is 32.4 Å². The van der Waals surface area contributed by atoms with Gasteiger partial charge in [-0.05, 0) is 51.0 Å². The molecule has 2 saturated heterocycles. The van der Waals surface area contributed by atoms with Gasteiger partial charge in [-0.15, -0.1) is 0 Å². The van der Waals surface area contributed by atoms with Gasteiger partial charge in [0.2, 0.25) is 0 Å². The molecule has 2 heterocycles. The molecule has 4 atom stereocenters. The average molecular weight is 338 g/mol. The number of unbranched alkanes of at least 4 members (excludes halogenated alkanes) is 4. The number of carbonyl (C=O) groups is 1. The predicted octanol–water partition coefficient (Wildman–Crippen LogP) is 4.15. The Morgan fingerprint density at radius 3 is 2.67 bits per heavy atom. The number of rotatable bonds is 13. The van der Waals surface area contributed by atoms with Crippen LogP contribution in [0.4, 0.5) is 0 Å². The van der Waals surface area contributed by atoms with Crippen molar-refractivity contribution in [2.24, 2.45) is 11.8 Å². The molecule has 0 aromatic rings. The maximum atomic E-state index is 10.5. The van der Waals surface area contributed by atoms with Crippen LogP contribution in [0.2, 0.25) is 0 Å². The van der Waals surface area contributed by atoms with E-state index in [1.807, 2.05) is 0 Å². The summed E-state index contributed by atoms with van der Waals surface area (Å²) in [5.41, 5.74) is 0. The lowest BCUT2D eigenvalue weighted by Crippen LogP contribution is -2.35. The molecule has 2 fully saturated rings. The highest BCUT2D eigenvalue weighted by molar-refractivity contribution is 5.66. The molecule has 0 amide bonds. The van der Waals surface area contributed by atoms with Crippen LogP contribution >= 0.6 is 0 Å². The molecule has 4 nitrogen and oxygen atoms in total. The zero-order chi connectivity index (χ0) is 17.2. The van der Waals surface area contributed by atoms with E-state index in [9.17, 15) is 4.79 Å². The highest BCUT2D eigenvalue weighted by Gasteiger charge is 2.47. The average Bonchev–Trinajstić information content (AvgIpc) is 3.15. The number of aliphatic carboxylic acids is 1. The highest BCUT2D eigenvalue weighted by Crippen LogP contribution is 2.44. The fourth-order valence-electron chi connectivity index (χ4n) is 4.17. The summed E-state index contributed by atoms with van der Waals surface area (Å²) < 4.78 is 6.15. The van der Waals surface area contributed by atoms with Crippen LogP contribution in [0.15, 0.2) is 12.2 Å². The van der Waals surface area contributed by atoms with Gasteiger partial charge >= 0.3 is 5.97 Å². The number of ether oxygens (including phenoxy) is 1. The third-order valence-electron chi connectivity index (χ3n) is 5.51. The third-order valence-corrected chi connectivity index (χ3v) is 5.51. The van der Waals surface area contributed by atoms with Crippen LogP contribution in [-0.4, -0.2) is 36.4 Å². The van der Waals surface area contributed by atoms with Crippen molar-refractivity contribution in [2.75, 3.05) is 13.1 Å². The second-order valence-electron chi connectivity index (χ2n) is 7.38. The van der Waals surface area contributed by atoms with Gasteiger partial charge in [-0.25, -0.2) is 0 Å². The van der Waals surface area contributed by atoms with E-state index in [1.165, 1.54) is 38.5 Å². The van der Waals surface area contributed by atoms with Crippen LogP contribution < -0.4 is 5.32 Å². The first kappa shape index (κ1) is 19.5. The van der Waals surface area contributed by atoms with Gasteiger partial charge in [-0.2, -0.15) is 0 Å². The molecule has 4 heteroatoms. The van der Waals surface area contributed by atoms with E-state index in [0.29, 0.717) is 24.0 Å². The molecule has 0 aromatic carbocycles. The second-order valence-corrected chi connectivity index (χ2v) is 7.38. The quantitative estimate of drug-likeness (QED) is 0.391. The van der Waals surface area contributed by atoms with Gasteiger partial charge in [0, 0.05) is 18.9 Å². The third kappa shape index (κ3) is 6.21. The summed E-state index contributed by atoms with van der Waals surface area (Å²) in [5.74, 6) is 0.594. The van der Waals surface area contributed by atoms with Crippen LogP contribution in [0.25, 0.3) is 0 Å². The van der Waals surface area contributed by atoms with Gasteiger partial charge in [0.1, 0.15) is 0 Å². The molecule has 138 valence electrons. The summed E-state index contributed by atoms with van der Waals surface area (Å²) >= 11 is 0. The maximum absolute atomic E-state index is 10.5. The Hall–Kier alpha value is -0.870. The van der Waals surface area contributed by atoms with Crippen molar-refractivity contribution in [1.29, 1.82) is 0 Å². The molecule has 0 saturated carbocycles. The standard InChI is InChI=1S/C20H35NO3/c1-2-3-4-9-14-21-15-17-16(18-12-13-19(17)24-18)10-7-5-6-8-11-20(22)23/h5,7,16-19,21H,2-4,6,8-15H2,1H3,(H,22,23)/b7-5-/t16-,17-,18-,19+/m1/s1. The van der Waals surface area contributed by atoms with Gasteiger partial charge in [-0.1, -0.05) is 38.3 Å². The predicted molar refractivity (Wildman–Crippen MR) is 97.1 cm³/mol. The number of fused-ring (bicyclic) bond motifs is 2. The van der Waals surface area contributed by atoms with Gasteiger partial charge in [-0.3, -0.25) is 4.79 Å². The Bertz CT molecular complexity index is 396. The van der Waals surface area contributed by atoms with Crippen molar-refractivity contribution in [3.63, 3.8) is 0 Å². The van der Waals surface area contributed by atoms with Crippen LogP contribution in [0.3, 0.4) is 0 Å². The first-order valence-corrected chi connectivity index (χ1v) is 9.95. The number of carboxylic acid groups (broad SMARTS) is 1. The number of allylic oxidation sites excluding steroid dienone is 2. The molecule has 0 unspecified atom stereocenters. The van der Waals surface area contributed by atoms with Crippen LogP contribution in [0.5, 0.6) is 0 Å². The minimum absolute atomic E-state index is 0.270. The monoisotopic (exact) mass is 337 g/mol. The number of hydrogen-bond acceptors (Lipinski definition) is 3. The van der Waals surface area contributed by atoms with Crippen molar-refractivity contribution in [3.05, 3.63) is 12.2 Å². The van der Waals surface area contributed by atoms with Crippen molar-refractivity contribution < 1.29 is 14.6 Å². The molecule has 2 bridgehead atoms.